The van der Waals surface area contributed by atoms with Gasteiger partial charge in [0.15, 0.2) is 0 Å². The number of fused-ring (bicyclic) bond motifs is 1. The highest BCUT2D eigenvalue weighted by Gasteiger charge is 2.35. The van der Waals surface area contributed by atoms with Crippen molar-refractivity contribution >= 4 is 5.95 Å². The zero-order valence-corrected chi connectivity index (χ0v) is 12.4. The Balaban J connectivity index is 1.59. The van der Waals surface area contributed by atoms with Crippen LogP contribution in [-0.2, 0) is 11.3 Å². The Morgan fingerprint density at radius 2 is 2.30 bits per heavy atom. The molecule has 0 bridgehead atoms. The van der Waals surface area contributed by atoms with Gasteiger partial charge in [0, 0.05) is 51.3 Å². The minimum atomic E-state index is 0.568. The number of nitrogens with one attached hydrogen (secondary N) is 1. The largest absolute Gasteiger partial charge is 0.385 e. The van der Waals surface area contributed by atoms with Gasteiger partial charge in [-0.25, -0.2) is 4.98 Å². The summed E-state index contributed by atoms with van der Waals surface area (Å²) in [6.07, 6.45) is 10.3. The molecule has 20 heavy (non-hydrogen) atoms. The monoisotopic (exact) mass is 278 g/mol. The predicted octanol–water partition coefficient (Wildman–Crippen LogP) is 1.96. The third-order valence-corrected chi connectivity index (χ3v) is 4.63. The van der Waals surface area contributed by atoms with E-state index >= 15 is 0 Å². The van der Waals surface area contributed by atoms with Gasteiger partial charge in [-0.2, -0.15) is 0 Å². The second kappa shape index (κ2) is 6.59. The molecule has 1 aromatic rings. The normalized spacial score (nSPS) is 26.6. The van der Waals surface area contributed by atoms with Crippen LogP contribution in [0.5, 0.6) is 0 Å². The van der Waals surface area contributed by atoms with E-state index in [0.717, 1.165) is 25.5 Å². The zero-order chi connectivity index (χ0) is 13.8. The summed E-state index contributed by atoms with van der Waals surface area (Å²) in [7, 11) is 1.75. The van der Waals surface area contributed by atoms with Crippen molar-refractivity contribution in [3.05, 3.63) is 12.4 Å². The molecule has 112 valence electrons. The maximum atomic E-state index is 5.12. The quantitative estimate of drug-likeness (QED) is 0.808. The standard InChI is InChI=1S/C15H26N4O/c1-20-12-4-9-19-11-7-16-15(19)17-13-6-10-18-8-3-2-5-14(13)18/h7,11,13-14H,2-6,8-10,12H2,1H3,(H,16,17). The van der Waals surface area contributed by atoms with E-state index in [1.165, 1.54) is 38.8 Å². The van der Waals surface area contributed by atoms with Crippen LogP contribution in [0.2, 0.25) is 0 Å². The van der Waals surface area contributed by atoms with Crippen LogP contribution in [0.25, 0.3) is 0 Å². The fourth-order valence-electron chi connectivity index (χ4n) is 3.59. The van der Waals surface area contributed by atoms with Crippen LogP contribution >= 0.6 is 0 Å². The average Bonchev–Trinajstić information content (AvgIpc) is 3.08. The number of ether oxygens (including phenoxy) is 1. The van der Waals surface area contributed by atoms with E-state index in [1.54, 1.807) is 7.11 Å². The molecular formula is C15H26N4O. The van der Waals surface area contributed by atoms with Gasteiger partial charge in [0.2, 0.25) is 5.95 Å². The van der Waals surface area contributed by atoms with Crippen LogP contribution in [0, 0.1) is 0 Å². The lowest BCUT2D eigenvalue weighted by Gasteiger charge is -2.32. The molecule has 3 heterocycles. The van der Waals surface area contributed by atoms with Gasteiger partial charge in [0.1, 0.15) is 0 Å². The van der Waals surface area contributed by atoms with Gasteiger partial charge in [0.25, 0.3) is 0 Å². The van der Waals surface area contributed by atoms with Gasteiger partial charge in [0.05, 0.1) is 0 Å². The van der Waals surface area contributed by atoms with Crippen molar-refractivity contribution in [2.24, 2.45) is 0 Å². The Morgan fingerprint density at radius 1 is 1.35 bits per heavy atom. The molecule has 3 rings (SSSR count). The van der Waals surface area contributed by atoms with Crippen molar-refractivity contribution in [3.63, 3.8) is 0 Å². The first-order valence-electron chi connectivity index (χ1n) is 7.89. The Hall–Kier alpha value is -1.07. The van der Waals surface area contributed by atoms with Crippen LogP contribution in [0.15, 0.2) is 12.4 Å². The SMILES string of the molecule is COCCCn1ccnc1NC1CCN2CCCCC12. The summed E-state index contributed by atoms with van der Waals surface area (Å²) in [5.41, 5.74) is 0. The Morgan fingerprint density at radius 3 is 3.20 bits per heavy atom. The maximum Gasteiger partial charge on any atom is 0.203 e. The molecule has 0 aromatic carbocycles. The van der Waals surface area contributed by atoms with E-state index < -0.39 is 0 Å². The van der Waals surface area contributed by atoms with E-state index in [0.29, 0.717) is 12.1 Å². The molecule has 2 unspecified atom stereocenters. The third-order valence-electron chi connectivity index (χ3n) is 4.63. The first kappa shape index (κ1) is 13.9. The highest BCUT2D eigenvalue weighted by Crippen LogP contribution is 2.29. The van der Waals surface area contributed by atoms with Gasteiger partial charge in [-0.05, 0) is 32.2 Å². The maximum absolute atomic E-state index is 5.12. The zero-order valence-electron chi connectivity index (χ0n) is 12.4. The second-order valence-electron chi connectivity index (χ2n) is 5.93. The summed E-state index contributed by atoms with van der Waals surface area (Å²) in [4.78, 5) is 7.14. The first-order chi connectivity index (χ1) is 9.88. The number of aryl methyl sites for hydroxylation is 1. The van der Waals surface area contributed by atoms with E-state index in [9.17, 15) is 0 Å². The van der Waals surface area contributed by atoms with Crippen molar-refractivity contribution in [1.82, 2.24) is 14.5 Å². The minimum Gasteiger partial charge on any atom is -0.385 e. The number of anilines is 1. The summed E-state index contributed by atoms with van der Waals surface area (Å²) in [5, 5.41) is 3.68. The lowest BCUT2D eigenvalue weighted by molar-refractivity contribution is 0.189. The Bertz CT molecular complexity index is 420. The van der Waals surface area contributed by atoms with Gasteiger partial charge in [-0.3, -0.25) is 4.90 Å². The lowest BCUT2D eigenvalue weighted by atomic mass is 9.99. The van der Waals surface area contributed by atoms with Crippen molar-refractivity contribution in [1.29, 1.82) is 0 Å². The molecule has 2 fully saturated rings. The third kappa shape index (κ3) is 2.99. The Labute approximate surface area is 121 Å². The van der Waals surface area contributed by atoms with Crippen molar-refractivity contribution in [2.45, 2.75) is 50.7 Å². The summed E-state index contributed by atoms with van der Waals surface area (Å²) >= 11 is 0. The molecule has 0 saturated carbocycles. The van der Waals surface area contributed by atoms with Gasteiger partial charge in [-0.15, -0.1) is 0 Å². The molecule has 0 spiro atoms. The molecule has 2 atom stereocenters. The highest BCUT2D eigenvalue weighted by atomic mass is 16.5. The number of imidazole rings is 1. The number of piperidine rings is 1. The fourth-order valence-corrected chi connectivity index (χ4v) is 3.59. The molecule has 2 aliphatic heterocycles. The number of methoxy groups -OCH3 is 1. The molecule has 2 saturated heterocycles. The van der Waals surface area contributed by atoms with Crippen molar-refractivity contribution in [3.8, 4) is 0 Å². The second-order valence-corrected chi connectivity index (χ2v) is 5.93. The lowest BCUT2D eigenvalue weighted by Crippen LogP contribution is -2.42. The molecule has 0 aliphatic carbocycles. The van der Waals surface area contributed by atoms with E-state index in [1.807, 2.05) is 6.20 Å². The molecule has 2 aliphatic rings. The molecule has 0 radical (unpaired) electrons. The molecule has 1 aromatic heterocycles. The number of aromatic nitrogens is 2. The predicted molar refractivity (Wildman–Crippen MR) is 80.0 cm³/mol. The molecule has 0 amide bonds. The minimum absolute atomic E-state index is 0.568. The van der Waals surface area contributed by atoms with Crippen LogP contribution in [0.1, 0.15) is 32.1 Å². The number of hydrogen-bond donors (Lipinski definition) is 1. The van der Waals surface area contributed by atoms with Gasteiger partial charge < -0.3 is 14.6 Å². The fraction of sp³-hybridized carbons (Fsp3) is 0.800. The molecular weight excluding hydrogens is 252 g/mol. The molecule has 5 nitrogen and oxygen atoms in total. The smallest absolute Gasteiger partial charge is 0.203 e. The van der Waals surface area contributed by atoms with Crippen LogP contribution in [0.3, 0.4) is 0 Å². The van der Waals surface area contributed by atoms with E-state index in [-0.39, 0.29) is 0 Å². The van der Waals surface area contributed by atoms with Crippen LogP contribution < -0.4 is 5.32 Å². The summed E-state index contributed by atoms with van der Waals surface area (Å²) in [5.74, 6) is 1.03. The summed E-state index contributed by atoms with van der Waals surface area (Å²) in [6.45, 7) is 4.30. The van der Waals surface area contributed by atoms with Crippen LogP contribution in [-0.4, -0.2) is 53.3 Å². The summed E-state index contributed by atoms with van der Waals surface area (Å²) in [6, 6.07) is 1.28. The number of nitrogens with zero attached hydrogens (tertiary/aromatic N) is 3. The number of hydrogen-bond acceptors (Lipinski definition) is 4. The van der Waals surface area contributed by atoms with Gasteiger partial charge >= 0.3 is 0 Å². The number of rotatable bonds is 6. The van der Waals surface area contributed by atoms with E-state index in [4.69, 9.17) is 4.74 Å². The molecule has 1 N–H and O–H groups in total. The topological polar surface area (TPSA) is 42.3 Å². The average molecular weight is 278 g/mol. The van der Waals surface area contributed by atoms with Crippen molar-refractivity contribution in [2.75, 3.05) is 32.1 Å². The first-order valence-corrected chi connectivity index (χ1v) is 7.89. The highest BCUT2D eigenvalue weighted by molar-refractivity contribution is 5.29. The van der Waals surface area contributed by atoms with Crippen LogP contribution in [0.4, 0.5) is 5.95 Å². The Kier molecular flexibility index (Phi) is 4.58. The van der Waals surface area contributed by atoms with E-state index in [2.05, 4.69) is 26.0 Å². The molecule has 5 heteroatoms. The van der Waals surface area contributed by atoms with Gasteiger partial charge in [-0.1, -0.05) is 6.42 Å². The summed E-state index contributed by atoms with van der Waals surface area (Å²) < 4.78 is 7.34. The van der Waals surface area contributed by atoms with Crippen molar-refractivity contribution < 1.29 is 4.74 Å².